The Labute approximate surface area is 113 Å². The van der Waals surface area contributed by atoms with Crippen molar-refractivity contribution in [2.45, 2.75) is 10.6 Å². The maximum Gasteiger partial charge on any atom is 0.341 e. The normalized spacial score (nSPS) is 10.4. The van der Waals surface area contributed by atoms with Gasteiger partial charge in [-0.2, -0.15) is 0 Å². The second-order valence-corrected chi connectivity index (χ2v) is 4.74. The van der Waals surface area contributed by atoms with Crippen LogP contribution in [0.1, 0.15) is 16.1 Å². The van der Waals surface area contributed by atoms with Crippen LogP contribution < -0.4 is 5.73 Å². The molecular formula is C13H12FNO3S. The third-order valence-electron chi connectivity index (χ3n) is 2.47. The zero-order valence-electron chi connectivity index (χ0n) is 10.2. The van der Waals surface area contributed by atoms with Gasteiger partial charge >= 0.3 is 5.97 Å². The molecule has 0 saturated heterocycles. The Morgan fingerprint density at radius 2 is 2.26 bits per heavy atom. The molecule has 6 heteroatoms. The molecular weight excluding hydrogens is 269 g/mol. The second kappa shape index (κ2) is 5.79. The van der Waals surface area contributed by atoms with E-state index in [9.17, 15) is 9.18 Å². The minimum atomic E-state index is -0.470. The number of rotatable bonds is 4. The Balaban J connectivity index is 2.10. The van der Waals surface area contributed by atoms with E-state index in [1.165, 1.54) is 37.3 Å². The van der Waals surface area contributed by atoms with E-state index in [0.29, 0.717) is 27.7 Å². The summed E-state index contributed by atoms with van der Waals surface area (Å²) in [6, 6.07) is 6.00. The van der Waals surface area contributed by atoms with E-state index in [1.807, 2.05) is 0 Å². The van der Waals surface area contributed by atoms with E-state index in [0.717, 1.165) is 0 Å². The average Bonchev–Trinajstić information content (AvgIpc) is 2.85. The van der Waals surface area contributed by atoms with E-state index in [2.05, 4.69) is 4.74 Å². The van der Waals surface area contributed by atoms with E-state index >= 15 is 0 Å². The number of esters is 1. The first-order valence-corrected chi connectivity index (χ1v) is 6.43. The molecule has 0 amide bonds. The van der Waals surface area contributed by atoms with Crippen molar-refractivity contribution < 1.29 is 18.3 Å². The number of carbonyl (C=O) groups excluding carboxylic acids is 1. The number of furan rings is 1. The third-order valence-corrected chi connectivity index (χ3v) is 3.51. The molecule has 0 unspecified atom stereocenters. The minimum absolute atomic E-state index is 0.332. The lowest BCUT2D eigenvalue weighted by atomic mass is 10.3. The van der Waals surface area contributed by atoms with Crippen LogP contribution in [-0.4, -0.2) is 13.1 Å². The highest BCUT2D eigenvalue weighted by molar-refractivity contribution is 7.98. The molecule has 100 valence electrons. The van der Waals surface area contributed by atoms with E-state index in [-0.39, 0.29) is 0 Å². The summed E-state index contributed by atoms with van der Waals surface area (Å²) in [4.78, 5) is 11.9. The van der Waals surface area contributed by atoms with Gasteiger partial charge in [0.05, 0.1) is 19.1 Å². The maximum absolute atomic E-state index is 13.6. The Morgan fingerprint density at radius 1 is 1.47 bits per heavy atom. The zero-order chi connectivity index (χ0) is 13.8. The van der Waals surface area contributed by atoms with Gasteiger partial charge in [0.25, 0.3) is 0 Å². The van der Waals surface area contributed by atoms with Crippen molar-refractivity contribution in [1.29, 1.82) is 0 Å². The van der Waals surface area contributed by atoms with Crippen LogP contribution in [0.25, 0.3) is 0 Å². The number of thioether (sulfide) groups is 1. The molecule has 0 bridgehead atoms. The van der Waals surface area contributed by atoms with Gasteiger partial charge in [-0.1, -0.05) is 0 Å². The molecule has 0 fully saturated rings. The monoisotopic (exact) mass is 281 g/mol. The number of nitrogen functional groups attached to an aromatic ring is 1. The van der Waals surface area contributed by atoms with Crippen molar-refractivity contribution in [3.8, 4) is 0 Å². The van der Waals surface area contributed by atoms with Gasteiger partial charge in [-0.15, -0.1) is 11.8 Å². The lowest BCUT2D eigenvalue weighted by molar-refractivity contribution is 0.0598. The van der Waals surface area contributed by atoms with Crippen LogP contribution >= 0.6 is 11.8 Å². The van der Waals surface area contributed by atoms with Crippen LogP contribution in [0, 0.1) is 5.82 Å². The smallest absolute Gasteiger partial charge is 0.341 e. The van der Waals surface area contributed by atoms with Crippen LogP contribution in [0.4, 0.5) is 10.1 Å². The predicted octanol–water partition coefficient (Wildman–Crippen LogP) is 3.08. The first kappa shape index (κ1) is 13.5. The topological polar surface area (TPSA) is 65.5 Å². The number of ether oxygens (including phenoxy) is 1. The summed E-state index contributed by atoms with van der Waals surface area (Å²) in [5.41, 5.74) is 6.19. The van der Waals surface area contributed by atoms with Gasteiger partial charge in [-0.25, -0.2) is 9.18 Å². The summed E-state index contributed by atoms with van der Waals surface area (Å²) in [5.74, 6) is -0.0791. The molecule has 2 rings (SSSR count). The van der Waals surface area contributed by atoms with Gasteiger partial charge in [0.2, 0.25) is 0 Å². The van der Waals surface area contributed by atoms with Crippen molar-refractivity contribution >= 4 is 23.4 Å². The number of halogens is 1. The first-order chi connectivity index (χ1) is 9.11. The van der Waals surface area contributed by atoms with Gasteiger partial charge in [-0.05, 0) is 24.3 Å². The average molecular weight is 281 g/mol. The fraction of sp³-hybridized carbons (Fsp3) is 0.154. The molecule has 1 aromatic carbocycles. The molecule has 0 aliphatic carbocycles. The number of hydrogen-bond acceptors (Lipinski definition) is 5. The number of nitrogens with two attached hydrogens (primary N) is 1. The van der Waals surface area contributed by atoms with Crippen LogP contribution in [-0.2, 0) is 10.5 Å². The van der Waals surface area contributed by atoms with Crippen LogP contribution in [0.3, 0.4) is 0 Å². The highest BCUT2D eigenvalue weighted by Gasteiger charge is 2.15. The highest BCUT2D eigenvalue weighted by atomic mass is 32.2. The first-order valence-electron chi connectivity index (χ1n) is 5.44. The Morgan fingerprint density at radius 3 is 2.95 bits per heavy atom. The molecule has 2 N–H and O–H groups in total. The molecule has 0 atom stereocenters. The predicted molar refractivity (Wildman–Crippen MR) is 70.4 cm³/mol. The van der Waals surface area contributed by atoms with E-state index in [1.54, 1.807) is 12.1 Å². The van der Waals surface area contributed by atoms with Gasteiger partial charge in [0, 0.05) is 10.6 Å². The van der Waals surface area contributed by atoms with Crippen LogP contribution in [0.15, 0.2) is 39.8 Å². The van der Waals surface area contributed by atoms with Crippen LogP contribution in [0.2, 0.25) is 0 Å². The molecule has 0 radical (unpaired) electrons. The molecule has 0 saturated carbocycles. The molecule has 2 aromatic rings. The Hall–Kier alpha value is -1.95. The molecule has 0 aliphatic heterocycles. The molecule has 1 aromatic heterocycles. The van der Waals surface area contributed by atoms with Crippen molar-refractivity contribution in [3.63, 3.8) is 0 Å². The summed E-state index contributed by atoms with van der Waals surface area (Å²) in [6.07, 6.45) is 1.40. The maximum atomic E-state index is 13.6. The summed E-state index contributed by atoms with van der Waals surface area (Å²) < 4.78 is 23.4. The van der Waals surface area contributed by atoms with Gasteiger partial charge in [0.1, 0.15) is 17.1 Å². The van der Waals surface area contributed by atoms with Gasteiger partial charge < -0.3 is 14.9 Å². The Kier molecular flexibility index (Phi) is 4.11. The number of carbonyl (C=O) groups is 1. The SMILES string of the molecule is COC(=O)c1ccoc1CSc1ccc(N)cc1F. The summed E-state index contributed by atoms with van der Waals surface area (Å²) in [5, 5.41) is 0. The van der Waals surface area contributed by atoms with Crippen molar-refractivity contribution in [2.24, 2.45) is 0 Å². The fourth-order valence-corrected chi connectivity index (χ4v) is 2.39. The van der Waals surface area contributed by atoms with Crippen molar-refractivity contribution in [3.05, 3.63) is 47.7 Å². The fourth-order valence-electron chi connectivity index (χ4n) is 1.52. The summed E-state index contributed by atoms with van der Waals surface area (Å²) >= 11 is 1.22. The molecule has 4 nitrogen and oxygen atoms in total. The molecule has 1 heterocycles. The zero-order valence-corrected chi connectivity index (χ0v) is 11.0. The molecule has 0 spiro atoms. The van der Waals surface area contributed by atoms with Crippen LogP contribution in [0.5, 0.6) is 0 Å². The quantitative estimate of drug-likeness (QED) is 0.530. The van der Waals surface area contributed by atoms with E-state index < -0.39 is 11.8 Å². The lowest BCUT2D eigenvalue weighted by Crippen LogP contribution is -2.02. The highest BCUT2D eigenvalue weighted by Crippen LogP contribution is 2.28. The molecule has 0 aliphatic rings. The number of methoxy groups -OCH3 is 1. The van der Waals surface area contributed by atoms with Crippen molar-refractivity contribution in [2.75, 3.05) is 12.8 Å². The number of benzene rings is 1. The van der Waals surface area contributed by atoms with Gasteiger partial charge in [0.15, 0.2) is 0 Å². The standard InChI is InChI=1S/C13H12FNO3S/c1-17-13(16)9-4-5-18-11(9)7-19-12-3-2-8(15)6-10(12)14/h2-6H,7,15H2,1H3. The largest absolute Gasteiger partial charge is 0.468 e. The third kappa shape index (κ3) is 3.08. The van der Waals surface area contributed by atoms with Gasteiger partial charge in [-0.3, -0.25) is 0 Å². The Bertz CT molecular complexity index is 597. The number of hydrogen-bond donors (Lipinski definition) is 1. The lowest BCUT2D eigenvalue weighted by Gasteiger charge is -2.04. The number of anilines is 1. The second-order valence-electron chi connectivity index (χ2n) is 3.73. The van der Waals surface area contributed by atoms with Crippen molar-refractivity contribution in [1.82, 2.24) is 0 Å². The summed E-state index contributed by atoms with van der Waals surface area (Å²) in [7, 11) is 1.30. The van der Waals surface area contributed by atoms with E-state index in [4.69, 9.17) is 10.2 Å². The molecule has 19 heavy (non-hydrogen) atoms. The summed E-state index contributed by atoms with van der Waals surface area (Å²) in [6.45, 7) is 0. The minimum Gasteiger partial charge on any atom is -0.468 e.